The number of anilines is 2. The standard InChI is InChI=1S/C23H26N8/c1-2-5-17(6-3-1)15-31-11-8-19(9-12-31)28-22-20-21(27-16-26-20)29-23(30-22)25-14-18-7-4-10-24-13-18/h1-7,10,13,16,19H,8-9,11-12,14-15H2,(H3,25,26,27,28,29,30). The van der Waals surface area contributed by atoms with Crippen molar-refractivity contribution in [2.45, 2.75) is 32.0 Å². The molecule has 31 heavy (non-hydrogen) atoms. The number of nitrogens with one attached hydrogen (secondary N) is 3. The number of piperidine rings is 1. The van der Waals surface area contributed by atoms with E-state index in [9.17, 15) is 0 Å². The van der Waals surface area contributed by atoms with Crippen molar-refractivity contribution < 1.29 is 0 Å². The summed E-state index contributed by atoms with van der Waals surface area (Å²) in [6.45, 7) is 3.75. The van der Waals surface area contributed by atoms with Gasteiger partial charge < -0.3 is 15.6 Å². The molecule has 0 amide bonds. The summed E-state index contributed by atoms with van der Waals surface area (Å²) in [5.41, 5.74) is 3.95. The second-order valence-electron chi connectivity index (χ2n) is 7.89. The Kier molecular flexibility index (Phi) is 5.70. The van der Waals surface area contributed by atoms with Gasteiger partial charge in [0.2, 0.25) is 5.95 Å². The van der Waals surface area contributed by atoms with Crippen molar-refractivity contribution in [2.75, 3.05) is 23.7 Å². The molecule has 0 unspecified atom stereocenters. The van der Waals surface area contributed by atoms with Gasteiger partial charge in [-0.25, -0.2) is 4.98 Å². The SMILES string of the molecule is c1ccc(CN2CCC(Nc3nc(NCc4cccnc4)nc4nc[nH]c34)CC2)cc1. The van der Waals surface area contributed by atoms with E-state index in [-0.39, 0.29) is 0 Å². The molecule has 5 rings (SSSR count). The molecule has 1 fully saturated rings. The van der Waals surface area contributed by atoms with Crippen molar-refractivity contribution >= 4 is 22.9 Å². The zero-order valence-corrected chi connectivity index (χ0v) is 17.3. The minimum Gasteiger partial charge on any atom is -0.365 e. The van der Waals surface area contributed by atoms with Crippen LogP contribution in [0.15, 0.2) is 61.2 Å². The van der Waals surface area contributed by atoms with Crippen LogP contribution < -0.4 is 10.6 Å². The summed E-state index contributed by atoms with van der Waals surface area (Å²) in [5.74, 6) is 1.37. The van der Waals surface area contributed by atoms with Crippen molar-refractivity contribution in [2.24, 2.45) is 0 Å². The quantitative estimate of drug-likeness (QED) is 0.426. The van der Waals surface area contributed by atoms with Gasteiger partial charge >= 0.3 is 0 Å². The third-order valence-corrected chi connectivity index (χ3v) is 5.64. The van der Waals surface area contributed by atoms with Crippen LogP contribution in [0, 0.1) is 0 Å². The lowest BCUT2D eigenvalue weighted by Gasteiger charge is -2.32. The fraction of sp³-hybridized carbons (Fsp3) is 0.304. The van der Waals surface area contributed by atoms with E-state index in [0.29, 0.717) is 24.2 Å². The van der Waals surface area contributed by atoms with Crippen LogP contribution in [0.5, 0.6) is 0 Å². The van der Waals surface area contributed by atoms with Crippen LogP contribution in [0.4, 0.5) is 11.8 Å². The van der Waals surface area contributed by atoms with Crippen LogP contribution in [0.2, 0.25) is 0 Å². The van der Waals surface area contributed by atoms with Crippen LogP contribution >= 0.6 is 0 Å². The normalized spacial score (nSPS) is 15.2. The maximum absolute atomic E-state index is 4.73. The Labute approximate surface area is 181 Å². The van der Waals surface area contributed by atoms with Gasteiger partial charge in [-0.1, -0.05) is 36.4 Å². The van der Waals surface area contributed by atoms with E-state index in [2.05, 4.69) is 65.8 Å². The van der Waals surface area contributed by atoms with Gasteiger partial charge in [-0.15, -0.1) is 0 Å². The lowest BCUT2D eigenvalue weighted by Crippen LogP contribution is -2.38. The van der Waals surface area contributed by atoms with E-state index >= 15 is 0 Å². The van der Waals surface area contributed by atoms with E-state index in [1.54, 1.807) is 12.5 Å². The van der Waals surface area contributed by atoms with Gasteiger partial charge in [0, 0.05) is 44.6 Å². The Bertz CT molecular complexity index is 1100. The van der Waals surface area contributed by atoms with Crippen LogP contribution in [0.1, 0.15) is 24.0 Å². The Morgan fingerprint density at radius 1 is 1.00 bits per heavy atom. The lowest BCUT2D eigenvalue weighted by molar-refractivity contribution is 0.211. The Balaban J connectivity index is 1.23. The number of aromatic nitrogens is 5. The summed E-state index contributed by atoms with van der Waals surface area (Å²) in [6, 6.07) is 15.0. The van der Waals surface area contributed by atoms with Crippen molar-refractivity contribution in [1.29, 1.82) is 0 Å². The van der Waals surface area contributed by atoms with Crippen LogP contribution in [-0.4, -0.2) is 49.0 Å². The number of likely N-dealkylation sites (tertiary alicyclic amines) is 1. The van der Waals surface area contributed by atoms with E-state index in [4.69, 9.17) is 4.98 Å². The second kappa shape index (κ2) is 9.09. The van der Waals surface area contributed by atoms with Gasteiger partial charge in [-0.3, -0.25) is 9.88 Å². The molecule has 1 saturated heterocycles. The van der Waals surface area contributed by atoms with Crippen LogP contribution in [0.3, 0.4) is 0 Å². The third kappa shape index (κ3) is 4.80. The van der Waals surface area contributed by atoms with Gasteiger partial charge in [0.1, 0.15) is 5.52 Å². The molecular formula is C23H26N8. The molecule has 0 spiro atoms. The molecule has 0 bridgehead atoms. The highest BCUT2D eigenvalue weighted by Crippen LogP contribution is 2.23. The minimum absolute atomic E-state index is 0.375. The molecule has 8 nitrogen and oxygen atoms in total. The second-order valence-corrected chi connectivity index (χ2v) is 7.89. The molecule has 8 heteroatoms. The number of hydrogen-bond acceptors (Lipinski definition) is 7. The zero-order valence-electron chi connectivity index (χ0n) is 17.3. The smallest absolute Gasteiger partial charge is 0.227 e. The number of pyridine rings is 1. The zero-order chi connectivity index (χ0) is 20.9. The topological polar surface area (TPSA) is 94.7 Å². The van der Waals surface area contributed by atoms with Gasteiger partial charge in [0.05, 0.1) is 6.33 Å². The van der Waals surface area contributed by atoms with Gasteiger partial charge in [-0.05, 0) is 30.0 Å². The highest BCUT2D eigenvalue weighted by atomic mass is 15.2. The lowest BCUT2D eigenvalue weighted by atomic mass is 10.0. The molecule has 1 aliphatic heterocycles. The molecule has 3 N–H and O–H groups in total. The predicted octanol–water partition coefficient (Wildman–Crippen LogP) is 3.44. The summed E-state index contributed by atoms with van der Waals surface area (Å²) >= 11 is 0. The predicted molar refractivity (Wildman–Crippen MR) is 122 cm³/mol. The number of H-pyrrole nitrogens is 1. The Hall–Kier alpha value is -3.52. The average Bonchev–Trinajstić information content (AvgIpc) is 3.30. The number of benzene rings is 1. The monoisotopic (exact) mass is 414 g/mol. The molecule has 0 atom stereocenters. The number of rotatable bonds is 7. The summed E-state index contributed by atoms with van der Waals surface area (Å²) in [4.78, 5) is 23.4. The first-order valence-electron chi connectivity index (χ1n) is 10.7. The maximum atomic E-state index is 4.73. The van der Waals surface area contributed by atoms with Crippen molar-refractivity contribution in [1.82, 2.24) is 29.8 Å². The van der Waals surface area contributed by atoms with Gasteiger partial charge in [0.15, 0.2) is 11.5 Å². The molecule has 0 saturated carbocycles. The summed E-state index contributed by atoms with van der Waals surface area (Å²) in [6.07, 6.45) is 7.42. The largest absolute Gasteiger partial charge is 0.365 e. The number of aromatic amines is 1. The van der Waals surface area contributed by atoms with Crippen LogP contribution in [-0.2, 0) is 13.1 Å². The molecular weight excluding hydrogens is 388 g/mol. The average molecular weight is 415 g/mol. The first-order chi connectivity index (χ1) is 15.3. The third-order valence-electron chi connectivity index (χ3n) is 5.64. The van der Waals surface area contributed by atoms with Crippen LogP contribution in [0.25, 0.3) is 11.2 Å². The minimum atomic E-state index is 0.375. The molecule has 0 radical (unpaired) electrons. The first kappa shape index (κ1) is 19.4. The number of imidazole rings is 1. The molecule has 4 aromatic rings. The van der Waals surface area contributed by atoms with Gasteiger partial charge in [-0.2, -0.15) is 9.97 Å². The Morgan fingerprint density at radius 2 is 1.84 bits per heavy atom. The molecule has 3 aromatic heterocycles. The summed E-state index contributed by atoms with van der Waals surface area (Å²) in [5, 5.41) is 6.92. The van der Waals surface area contributed by atoms with E-state index in [1.165, 1.54) is 5.56 Å². The molecule has 158 valence electrons. The van der Waals surface area contributed by atoms with Crippen molar-refractivity contribution in [3.05, 3.63) is 72.3 Å². The Morgan fingerprint density at radius 3 is 2.65 bits per heavy atom. The number of nitrogens with zero attached hydrogens (tertiary/aromatic N) is 5. The molecule has 4 heterocycles. The first-order valence-corrected chi connectivity index (χ1v) is 10.7. The maximum Gasteiger partial charge on any atom is 0.227 e. The molecule has 1 aromatic carbocycles. The van der Waals surface area contributed by atoms with E-state index in [1.807, 2.05) is 18.3 Å². The van der Waals surface area contributed by atoms with E-state index < -0.39 is 0 Å². The highest BCUT2D eigenvalue weighted by Gasteiger charge is 2.21. The molecule has 0 aliphatic carbocycles. The van der Waals surface area contributed by atoms with Crippen molar-refractivity contribution in [3.8, 4) is 0 Å². The number of fused-ring (bicyclic) bond motifs is 1. The van der Waals surface area contributed by atoms with E-state index in [0.717, 1.165) is 49.4 Å². The number of hydrogen-bond donors (Lipinski definition) is 3. The summed E-state index contributed by atoms with van der Waals surface area (Å²) in [7, 11) is 0. The molecule has 1 aliphatic rings. The summed E-state index contributed by atoms with van der Waals surface area (Å²) < 4.78 is 0. The highest BCUT2D eigenvalue weighted by molar-refractivity contribution is 5.83. The fourth-order valence-electron chi connectivity index (χ4n) is 3.97. The van der Waals surface area contributed by atoms with Crippen molar-refractivity contribution in [3.63, 3.8) is 0 Å². The fourth-order valence-corrected chi connectivity index (χ4v) is 3.97. The van der Waals surface area contributed by atoms with Gasteiger partial charge in [0.25, 0.3) is 0 Å².